The van der Waals surface area contributed by atoms with Crippen molar-refractivity contribution in [3.8, 4) is 0 Å². The summed E-state index contributed by atoms with van der Waals surface area (Å²) in [7, 11) is 0. The Hall–Kier alpha value is -2.13. The third kappa shape index (κ3) is 2.69. The molecule has 0 saturated heterocycles. The number of carbonyl (C=O) groups excluding carboxylic acids is 1. The van der Waals surface area contributed by atoms with Gasteiger partial charge in [-0.25, -0.2) is 0 Å². The second kappa shape index (κ2) is 5.70. The van der Waals surface area contributed by atoms with E-state index < -0.39 is 0 Å². The smallest absolute Gasteiger partial charge is 0.160 e. The molecule has 1 atom stereocenters. The quantitative estimate of drug-likeness (QED) is 0.889. The van der Waals surface area contributed by atoms with Crippen LogP contribution in [0.2, 0.25) is 0 Å². The van der Waals surface area contributed by atoms with Gasteiger partial charge in [-0.2, -0.15) is 0 Å². The molecule has 1 aliphatic rings. The van der Waals surface area contributed by atoms with Gasteiger partial charge in [0.25, 0.3) is 0 Å². The van der Waals surface area contributed by atoms with Crippen LogP contribution in [0.5, 0.6) is 0 Å². The number of rotatable bonds is 3. The van der Waals surface area contributed by atoms with E-state index in [1.807, 2.05) is 47.8 Å². The fourth-order valence-electron chi connectivity index (χ4n) is 2.83. The number of Topliss-reactive ketones (excluding diaryl/α,β-unsaturated/α-hetero) is 1. The van der Waals surface area contributed by atoms with Crippen LogP contribution in [0.25, 0.3) is 5.57 Å². The summed E-state index contributed by atoms with van der Waals surface area (Å²) in [6.45, 7) is 1.52. The molecule has 1 N–H and O–H groups in total. The predicted molar refractivity (Wildman–Crippen MR) is 86.4 cm³/mol. The maximum absolute atomic E-state index is 11.9. The summed E-state index contributed by atoms with van der Waals surface area (Å²) in [6.07, 6.45) is 2.48. The molecule has 0 unspecified atom stereocenters. The summed E-state index contributed by atoms with van der Waals surface area (Å²) in [5.74, 6) is -0.0420. The first-order valence-electron chi connectivity index (χ1n) is 6.90. The molecule has 3 heteroatoms. The van der Waals surface area contributed by atoms with Crippen LogP contribution in [0.4, 0.5) is 0 Å². The molecular formula is C18H16O2S. The Kier molecular flexibility index (Phi) is 3.76. The minimum absolute atomic E-state index is 0.0668. The lowest BCUT2D eigenvalue weighted by Gasteiger charge is -2.25. The van der Waals surface area contributed by atoms with Crippen LogP contribution in [-0.2, 0) is 4.79 Å². The van der Waals surface area contributed by atoms with Gasteiger partial charge in [-0.3, -0.25) is 4.79 Å². The Bertz CT molecular complexity index is 709. The first-order chi connectivity index (χ1) is 10.2. The van der Waals surface area contributed by atoms with E-state index in [2.05, 4.69) is 0 Å². The van der Waals surface area contributed by atoms with Crippen LogP contribution >= 0.6 is 11.3 Å². The van der Waals surface area contributed by atoms with Gasteiger partial charge in [0.2, 0.25) is 0 Å². The van der Waals surface area contributed by atoms with Crippen molar-refractivity contribution in [1.82, 2.24) is 0 Å². The Morgan fingerprint density at radius 2 is 1.95 bits per heavy atom. The molecule has 21 heavy (non-hydrogen) atoms. The number of benzene rings is 1. The van der Waals surface area contributed by atoms with Crippen LogP contribution in [-0.4, -0.2) is 10.9 Å². The standard InChI is InChI=1S/C18H16O2S/c1-12(19)18-15(13-6-3-2-4-7-13)10-14(11-16(18)20)17-8-5-9-21-17/h2-9,11,15,20H,10H2,1H3/t15-/m0/s1. The normalized spacial score (nSPS) is 18.5. The van der Waals surface area contributed by atoms with Gasteiger partial charge in [-0.05, 0) is 42.0 Å². The highest BCUT2D eigenvalue weighted by molar-refractivity contribution is 7.11. The van der Waals surface area contributed by atoms with Gasteiger partial charge in [-0.1, -0.05) is 36.4 Å². The number of ketones is 1. The first-order valence-corrected chi connectivity index (χ1v) is 7.78. The first kappa shape index (κ1) is 13.8. The molecule has 0 spiro atoms. The van der Waals surface area contributed by atoms with Crippen molar-refractivity contribution < 1.29 is 9.90 Å². The zero-order valence-corrected chi connectivity index (χ0v) is 12.6. The summed E-state index contributed by atoms with van der Waals surface area (Å²) in [4.78, 5) is 13.1. The van der Waals surface area contributed by atoms with Gasteiger partial charge < -0.3 is 5.11 Å². The summed E-state index contributed by atoms with van der Waals surface area (Å²) in [6, 6.07) is 14.0. The Morgan fingerprint density at radius 3 is 2.57 bits per heavy atom. The molecule has 1 heterocycles. The number of aliphatic hydroxyl groups excluding tert-OH is 1. The van der Waals surface area contributed by atoms with Crippen LogP contribution in [0.15, 0.2) is 65.3 Å². The van der Waals surface area contributed by atoms with Crippen LogP contribution in [0.1, 0.15) is 29.7 Å². The lowest BCUT2D eigenvalue weighted by atomic mass is 9.79. The van der Waals surface area contributed by atoms with Gasteiger partial charge in [0.15, 0.2) is 5.78 Å². The van der Waals surface area contributed by atoms with Crippen molar-refractivity contribution in [1.29, 1.82) is 0 Å². The van der Waals surface area contributed by atoms with Crippen LogP contribution < -0.4 is 0 Å². The molecule has 1 aromatic carbocycles. The van der Waals surface area contributed by atoms with Crippen molar-refractivity contribution in [2.75, 3.05) is 0 Å². The lowest BCUT2D eigenvalue weighted by Crippen LogP contribution is -2.15. The maximum Gasteiger partial charge on any atom is 0.160 e. The highest BCUT2D eigenvalue weighted by Gasteiger charge is 2.28. The average molecular weight is 296 g/mol. The van der Waals surface area contributed by atoms with Crippen molar-refractivity contribution in [2.24, 2.45) is 0 Å². The van der Waals surface area contributed by atoms with Crippen LogP contribution in [0.3, 0.4) is 0 Å². The molecule has 2 aromatic rings. The highest BCUT2D eigenvalue weighted by Crippen LogP contribution is 2.41. The van der Waals surface area contributed by atoms with E-state index in [0.717, 1.165) is 22.4 Å². The molecule has 0 aliphatic heterocycles. The second-order valence-electron chi connectivity index (χ2n) is 5.17. The minimum Gasteiger partial charge on any atom is -0.508 e. The molecule has 3 rings (SSSR count). The SMILES string of the molecule is CC(=O)C1=C(O)C=C(c2cccs2)C[C@H]1c1ccccc1. The monoisotopic (exact) mass is 296 g/mol. The highest BCUT2D eigenvalue weighted by atomic mass is 32.1. The number of allylic oxidation sites excluding steroid dienone is 3. The summed E-state index contributed by atoms with van der Waals surface area (Å²) in [5, 5.41) is 12.4. The van der Waals surface area contributed by atoms with Gasteiger partial charge >= 0.3 is 0 Å². The van der Waals surface area contributed by atoms with Gasteiger partial charge in [0, 0.05) is 16.4 Å². The number of carbonyl (C=O) groups is 1. The fourth-order valence-corrected chi connectivity index (χ4v) is 3.59. The van der Waals surface area contributed by atoms with Gasteiger partial charge in [-0.15, -0.1) is 11.3 Å². The maximum atomic E-state index is 11.9. The van der Waals surface area contributed by atoms with E-state index in [-0.39, 0.29) is 17.5 Å². The minimum atomic E-state index is -0.0780. The van der Waals surface area contributed by atoms with E-state index in [1.165, 1.54) is 6.92 Å². The largest absolute Gasteiger partial charge is 0.508 e. The lowest BCUT2D eigenvalue weighted by molar-refractivity contribution is -0.114. The Labute approximate surface area is 128 Å². The van der Waals surface area contributed by atoms with Crippen molar-refractivity contribution in [2.45, 2.75) is 19.3 Å². The predicted octanol–water partition coefficient (Wildman–Crippen LogP) is 4.72. The number of hydrogen-bond acceptors (Lipinski definition) is 3. The molecular weight excluding hydrogens is 280 g/mol. The molecule has 0 saturated carbocycles. The molecule has 0 bridgehead atoms. The second-order valence-corrected chi connectivity index (χ2v) is 6.12. The molecule has 2 nitrogen and oxygen atoms in total. The third-order valence-corrected chi connectivity index (χ3v) is 4.72. The number of thiophene rings is 1. The molecule has 0 fully saturated rings. The summed E-state index contributed by atoms with van der Waals surface area (Å²) < 4.78 is 0. The van der Waals surface area contributed by atoms with Gasteiger partial charge in [0.1, 0.15) is 5.76 Å². The fraction of sp³-hybridized carbons (Fsp3) is 0.167. The molecule has 0 amide bonds. The Balaban J connectivity index is 2.08. The van der Waals surface area contributed by atoms with E-state index >= 15 is 0 Å². The van der Waals surface area contributed by atoms with Gasteiger partial charge in [0.05, 0.1) is 0 Å². The van der Waals surface area contributed by atoms with E-state index in [9.17, 15) is 9.90 Å². The third-order valence-electron chi connectivity index (χ3n) is 3.78. The van der Waals surface area contributed by atoms with Crippen molar-refractivity contribution in [3.63, 3.8) is 0 Å². The van der Waals surface area contributed by atoms with E-state index in [0.29, 0.717) is 5.57 Å². The molecule has 1 aliphatic carbocycles. The van der Waals surface area contributed by atoms with E-state index in [1.54, 1.807) is 17.4 Å². The van der Waals surface area contributed by atoms with Crippen molar-refractivity contribution in [3.05, 3.63) is 75.7 Å². The summed E-state index contributed by atoms with van der Waals surface area (Å²) >= 11 is 1.65. The average Bonchev–Trinajstić information content (AvgIpc) is 3.01. The Morgan fingerprint density at radius 1 is 1.19 bits per heavy atom. The number of hydrogen-bond donors (Lipinski definition) is 1. The van der Waals surface area contributed by atoms with Crippen molar-refractivity contribution >= 4 is 22.7 Å². The molecule has 106 valence electrons. The van der Waals surface area contributed by atoms with E-state index in [4.69, 9.17) is 0 Å². The molecule has 1 aromatic heterocycles. The zero-order valence-electron chi connectivity index (χ0n) is 11.7. The zero-order chi connectivity index (χ0) is 14.8. The number of aliphatic hydroxyl groups is 1. The summed E-state index contributed by atoms with van der Waals surface area (Å²) in [5.41, 5.74) is 2.67. The topological polar surface area (TPSA) is 37.3 Å². The molecule has 0 radical (unpaired) electrons. The van der Waals surface area contributed by atoms with Crippen LogP contribution in [0, 0.1) is 0 Å².